The van der Waals surface area contributed by atoms with Crippen molar-refractivity contribution in [3.8, 4) is 0 Å². The first-order valence-corrected chi connectivity index (χ1v) is 11.6. The quantitative estimate of drug-likeness (QED) is 0.434. The van der Waals surface area contributed by atoms with E-state index >= 15 is 0 Å². The lowest BCUT2D eigenvalue weighted by Gasteiger charge is -2.14. The van der Waals surface area contributed by atoms with Gasteiger partial charge < -0.3 is 5.32 Å². The fourth-order valence-corrected chi connectivity index (χ4v) is 4.71. The Bertz CT molecular complexity index is 1240. The maximum atomic E-state index is 12.6. The van der Waals surface area contributed by atoms with Crippen LogP contribution in [0.15, 0.2) is 46.6 Å². The molecular formula is C23H27N5O2S. The number of hydrogen-bond donors (Lipinski definition) is 1. The Labute approximate surface area is 184 Å². The second-order valence-corrected chi connectivity index (χ2v) is 8.70. The molecule has 4 rings (SSSR count). The van der Waals surface area contributed by atoms with Crippen LogP contribution >= 0.6 is 11.3 Å². The Balaban J connectivity index is 1.36. The topological polar surface area (TPSA) is 81.3 Å². The van der Waals surface area contributed by atoms with Crippen molar-refractivity contribution in [2.45, 2.75) is 58.5 Å². The maximum Gasteiger partial charge on any atom is 0.272 e. The Morgan fingerprint density at radius 1 is 1.16 bits per heavy atom. The summed E-state index contributed by atoms with van der Waals surface area (Å²) in [5.74, 6) is 1.40. The molecule has 1 atom stereocenters. The molecule has 0 aliphatic carbocycles. The molecule has 7 nitrogen and oxygen atoms in total. The molecule has 0 fully saturated rings. The molecule has 162 valence electrons. The van der Waals surface area contributed by atoms with Gasteiger partial charge in [0.25, 0.3) is 5.56 Å². The van der Waals surface area contributed by atoms with Crippen molar-refractivity contribution < 1.29 is 4.79 Å². The van der Waals surface area contributed by atoms with E-state index in [1.807, 2.05) is 47.9 Å². The number of aromatic nitrogens is 4. The van der Waals surface area contributed by atoms with Crippen molar-refractivity contribution in [1.29, 1.82) is 0 Å². The zero-order valence-corrected chi connectivity index (χ0v) is 18.7. The van der Waals surface area contributed by atoms with E-state index in [2.05, 4.69) is 27.6 Å². The van der Waals surface area contributed by atoms with Crippen molar-refractivity contribution in [3.05, 3.63) is 63.5 Å². The monoisotopic (exact) mass is 437 g/mol. The zero-order chi connectivity index (χ0) is 21.8. The Morgan fingerprint density at radius 2 is 1.97 bits per heavy atom. The van der Waals surface area contributed by atoms with E-state index in [1.165, 1.54) is 16.9 Å². The smallest absolute Gasteiger partial charge is 0.272 e. The molecule has 0 aliphatic rings. The number of amides is 1. The average Bonchev–Trinajstić information content (AvgIpc) is 3.41. The SMILES string of the molecule is CCn1c(=O)c2sccc2n2c(CCCC(=O)NC(C)CCc3ccccc3)nnc12. The van der Waals surface area contributed by atoms with Gasteiger partial charge in [0.2, 0.25) is 11.7 Å². The largest absolute Gasteiger partial charge is 0.354 e. The number of hydrogen-bond acceptors (Lipinski definition) is 5. The summed E-state index contributed by atoms with van der Waals surface area (Å²) in [5.41, 5.74) is 2.10. The van der Waals surface area contributed by atoms with E-state index in [-0.39, 0.29) is 17.5 Å². The number of nitrogens with one attached hydrogen (secondary N) is 1. The second kappa shape index (κ2) is 9.43. The standard InChI is InChI=1S/C23H27N5O2S/c1-3-27-22(30)21-18(14-15-31-21)28-19(25-26-23(27)28)10-7-11-20(29)24-16(2)12-13-17-8-5-4-6-9-17/h4-6,8-9,14-16H,3,7,10-13H2,1-2H3,(H,24,29). The minimum absolute atomic E-state index is 0.0252. The van der Waals surface area contributed by atoms with Gasteiger partial charge in [-0.3, -0.25) is 18.6 Å². The first-order chi connectivity index (χ1) is 15.1. The predicted molar refractivity (Wildman–Crippen MR) is 124 cm³/mol. The number of thiophene rings is 1. The molecule has 3 heterocycles. The number of carbonyl (C=O) groups is 1. The normalized spacial score (nSPS) is 12.5. The highest BCUT2D eigenvalue weighted by atomic mass is 32.1. The number of rotatable bonds is 9. The molecule has 0 radical (unpaired) electrons. The van der Waals surface area contributed by atoms with Gasteiger partial charge in [0.1, 0.15) is 10.5 Å². The van der Waals surface area contributed by atoms with Gasteiger partial charge in [-0.05, 0) is 50.1 Å². The van der Waals surface area contributed by atoms with E-state index in [1.54, 1.807) is 4.57 Å². The number of carbonyl (C=O) groups excluding carboxylic acids is 1. The van der Waals surface area contributed by atoms with Crippen LogP contribution in [-0.2, 0) is 24.2 Å². The van der Waals surface area contributed by atoms with Crippen LogP contribution in [0.1, 0.15) is 44.5 Å². The molecule has 0 bridgehead atoms. The molecular weight excluding hydrogens is 410 g/mol. The minimum atomic E-state index is -0.0252. The molecule has 1 amide bonds. The van der Waals surface area contributed by atoms with E-state index in [0.29, 0.717) is 36.3 Å². The van der Waals surface area contributed by atoms with Crippen LogP contribution in [0.4, 0.5) is 0 Å². The molecule has 0 saturated heterocycles. The summed E-state index contributed by atoms with van der Waals surface area (Å²) in [7, 11) is 0. The van der Waals surface area contributed by atoms with Gasteiger partial charge in [0.05, 0.1) is 5.52 Å². The summed E-state index contributed by atoms with van der Waals surface area (Å²) in [6.07, 6.45) is 3.60. The highest BCUT2D eigenvalue weighted by Gasteiger charge is 2.17. The van der Waals surface area contributed by atoms with Gasteiger partial charge in [0.15, 0.2) is 0 Å². The van der Waals surface area contributed by atoms with Crippen molar-refractivity contribution in [2.75, 3.05) is 0 Å². The Kier molecular flexibility index (Phi) is 6.46. The average molecular weight is 438 g/mol. The second-order valence-electron chi connectivity index (χ2n) is 7.78. The van der Waals surface area contributed by atoms with Crippen molar-refractivity contribution >= 4 is 33.2 Å². The fourth-order valence-electron chi connectivity index (χ4n) is 3.88. The van der Waals surface area contributed by atoms with Crippen molar-refractivity contribution in [1.82, 2.24) is 24.5 Å². The molecule has 4 aromatic rings. The van der Waals surface area contributed by atoms with E-state index in [9.17, 15) is 9.59 Å². The minimum Gasteiger partial charge on any atom is -0.354 e. The highest BCUT2D eigenvalue weighted by Crippen LogP contribution is 2.20. The number of nitrogens with zero attached hydrogens (tertiary/aromatic N) is 4. The third-order valence-electron chi connectivity index (χ3n) is 5.52. The van der Waals surface area contributed by atoms with Gasteiger partial charge in [-0.15, -0.1) is 21.5 Å². The van der Waals surface area contributed by atoms with Gasteiger partial charge >= 0.3 is 0 Å². The lowest BCUT2D eigenvalue weighted by atomic mass is 10.1. The van der Waals surface area contributed by atoms with Crippen LogP contribution in [0.25, 0.3) is 16.0 Å². The summed E-state index contributed by atoms with van der Waals surface area (Å²) in [4.78, 5) is 25.0. The third-order valence-corrected chi connectivity index (χ3v) is 6.41. The molecule has 1 unspecified atom stereocenters. The molecule has 31 heavy (non-hydrogen) atoms. The lowest BCUT2D eigenvalue weighted by molar-refractivity contribution is -0.121. The van der Waals surface area contributed by atoms with Crippen LogP contribution < -0.4 is 10.9 Å². The van der Waals surface area contributed by atoms with Gasteiger partial charge in [0, 0.05) is 25.4 Å². The first kappa shape index (κ1) is 21.2. The summed E-state index contributed by atoms with van der Waals surface area (Å²) in [5, 5.41) is 13.6. The predicted octanol–water partition coefficient (Wildman–Crippen LogP) is 3.59. The lowest BCUT2D eigenvalue weighted by Crippen LogP contribution is -2.32. The van der Waals surface area contributed by atoms with E-state index < -0.39 is 0 Å². The van der Waals surface area contributed by atoms with Gasteiger partial charge in [-0.1, -0.05) is 30.3 Å². The summed E-state index contributed by atoms with van der Waals surface area (Å²) in [6, 6.07) is 12.4. The van der Waals surface area contributed by atoms with Crippen LogP contribution in [-0.4, -0.2) is 31.1 Å². The van der Waals surface area contributed by atoms with Gasteiger partial charge in [-0.2, -0.15) is 0 Å². The van der Waals surface area contributed by atoms with Crippen molar-refractivity contribution in [2.24, 2.45) is 0 Å². The maximum absolute atomic E-state index is 12.6. The molecule has 1 aromatic carbocycles. The molecule has 0 spiro atoms. The number of benzene rings is 1. The third kappa shape index (κ3) is 4.54. The van der Waals surface area contributed by atoms with Crippen LogP contribution in [0.5, 0.6) is 0 Å². The fraction of sp³-hybridized carbons (Fsp3) is 0.391. The van der Waals surface area contributed by atoms with Crippen molar-refractivity contribution in [3.63, 3.8) is 0 Å². The van der Waals surface area contributed by atoms with Gasteiger partial charge in [-0.25, -0.2) is 0 Å². The first-order valence-electron chi connectivity index (χ1n) is 10.8. The van der Waals surface area contributed by atoms with Crippen LogP contribution in [0, 0.1) is 0 Å². The van der Waals surface area contributed by atoms with E-state index in [0.717, 1.165) is 24.2 Å². The summed E-state index contributed by atoms with van der Waals surface area (Å²) in [6.45, 7) is 4.51. The molecule has 1 N–H and O–H groups in total. The van der Waals surface area contributed by atoms with E-state index in [4.69, 9.17) is 0 Å². The van der Waals surface area contributed by atoms with Crippen LogP contribution in [0.2, 0.25) is 0 Å². The molecule has 8 heteroatoms. The summed E-state index contributed by atoms with van der Waals surface area (Å²) < 4.78 is 4.31. The highest BCUT2D eigenvalue weighted by molar-refractivity contribution is 7.17. The number of fused-ring (bicyclic) bond motifs is 3. The molecule has 0 aliphatic heterocycles. The Morgan fingerprint density at radius 3 is 2.74 bits per heavy atom. The number of aryl methyl sites for hydroxylation is 3. The summed E-state index contributed by atoms with van der Waals surface area (Å²) >= 11 is 1.44. The Hall–Kier alpha value is -3.00. The molecule has 0 saturated carbocycles. The molecule has 3 aromatic heterocycles. The van der Waals surface area contributed by atoms with Crippen LogP contribution in [0.3, 0.4) is 0 Å². The zero-order valence-electron chi connectivity index (χ0n) is 17.9.